The molecule has 0 heterocycles. The van der Waals surface area contributed by atoms with Gasteiger partial charge in [0.2, 0.25) is 0 Å². The van der Waals surface area contributed by atoms with Crippen molar-refractivity contribution in [1.29, 1.82) is 0 Å². The van der Waals surface area contributed by atoms with Gasteiger partial charge >= 0.3 is 0 Å². The van der Waals surface area contributed by atoms with Gasteiger partial charge in [-0.3, -0.25) is 4.79 Å². The summed E-state index contributed by atoms with van der Waals surface area (Å²) in [7, 11) is -3.41. The van der Waals surface area contributed by atoms with Crippen molar-refractivity contribution in [3.05, 3.63) is 35.6 Å². The maximum absolute atomic E-state index is 12.7. The highest BCUT2D eigenvalue weighted by Gasteiger charge is 2.17. The van der Waals surface area contributed by atoms with E-state index in [0.717, 1.165) is 12.1 Å². The maximum atomic E-state index is 12.7. The first-order valence-electron chi connectivity index (χ1n) is 5.64. The molecule has 0 amide bonds. The fraction of sp³-hybridized carbons (Fsp3) is 0.417. The molecule has 2 N–H and O–H groups in total. The van der Waals surface area contributed by atoms with Crippen molar-refractivity contribution in [2.75, 3.05) is 18.1 Å². The van der Waals surface area contributed by atoms with Crippen LogP contribution in [-0.4, -0.2) is 32.3 Å². The molecule has 0 aromatic heterocycles. The van der Waals surface area contributed by atoms with Crippen LogP contribution in [0.5, 0.6) is 0 Å². The molecule has 1 rings (SSSR count). The van der Waals surface area contributed by atoms with Crippen LogP contribution in [0.2, 0.25) is 0 Å². The van der Waals surface area contributed by atoms with Crippen molar-refractivity contribution in [2.45, 2.75) is 12.8 Å². The first kappa shape index (κ1) is 14.8. The van der Waals surface area contributed by atoms with Crippen LogP contribution < -0.4 is 5.73 Å². The Kier molecular flexibility index (Phi) is 5.43. The summed E-state index contributed by atoms with van der Waals surface area (Å²) in [5.74, 6) is -1.56. The lowest BCUT2D eigenvalue weighted by Gasteiger charge is -2.03. The molecule has 0 atom stereocenters. The van der Waals surface area contributed by atoms with E-state index in [1.165, 1.54) is 12.1 Å². The molecule has 100 valence electrons. The van der Waals surface area contributed by atoms with Crippen LogP contribution in [-0.2, 0) is 9.84 Å². The van der Waals surface area contributed by atoms with Gasteiger partial charge in [0.15, 0.2) is 15.6 Å². The van der Waals surface area contributed by atoms with Gasteiger partial charge in [-0.25, -0.2) is 12.8 Å². The van der Waals surface area contributed by atoms with Crippen LogP contribution in [0.4, 0.5) is 4.39 Å². The molecule has 6 heteroatoms. The molecule has 0 fully saturated rings. The second-order valence-corrected chi connectivity index (χ2v) is 6.20. The zero-order valence-electron chi connectivity index (χ0n) is 9.93. The predicted octanol–water partition coefficient (Wildman–Crippen LogP) is 1.16. The lowest BCUT2D eigenvalue weighted by atomic mass is 10.1. The van der Waals surface area contributed by atoms with Crippen molar-refractivity contribution in [2.24, 2.45) is 5.73 Å². The Labute approximate surface area is 106 Å². The number of unbranched alkanes of at least 4 members (excludes halogenated alkanes) is 1. The summed E-state index contributed by atoms with van der Waals surface area (Å²) in [6, 6.07) is 4.84. The Bertz CT molecular complexity index is 497. The summed E-state index contributed by atoms with van der Waals surface area (Å²) in [6.45, 7) is 0.432. The van der Waals surface area contributed by atoms with E-state index in [1.807, 2.05) is 0 Å². The van der Waals surface area contributed by atoms with Crippen molar-refractivity contribution < 1.29 is 17.6 Å². The minimum Gasteiger partial charge on any atom is -0.330 e. The number of ketones is 1. The zero-order valence-corrected chi connectivity index (χ0v) is 10.7. The van der Waals surface area contributed by atoms with Crippen LogP contribution in [0.25, 0.3) is 0 Å². The molecule has 0 aliphatic heterocycles. The van der Waals surface area contributed by atoms with Crippen LogP contribution in [0.15, 0.2) is 24.3 Å². The highest BCUT2D eigenvalue weighted by Crippen LogP contribution is 2.06. The number of sulfone groups is 1. The number of carbonyl (C=O) groups excluding carboxylic acids is 1. The van der Waals surface area contributed by atoms with Gasteiger partial charge in [0, 0.05) is 5.56 Å². The summed E-state index contributed by atoms with van der Waals surface area (Å²) in [4.78, 5) is 11.7. The Morgan fingerprint density at radius 3 is 2.33 bits per heavy atom. The van der Waals surface area contributed by atoms with Gasteiger partial charge in [0.25, 0.3) is 0 Å². The smallest absolute Gasteiger partial charge is 0.177 e. The van der Waals surface area contributed by atoms with Gasteiger partial charge in [-0.1, -0.05) is 0 Å². The highest BCUT2D eigenvalue weighted by atomic mass is 32.2. The van der Waals surface area contributed by atoms with Crippen LogP contribution in [0, 0.1) is 5.82 Å². The molecule has 0 bridgehead atoms. The van der Waals surface area contributed by atoms with E-state index in [-0.39, 0.29) is 11.3 Å². The van der Waals surface area contributed by atoms with E-state index in [4.69, 9.17) is 5.73 Å². The van der Waals surface area contributed by atoms with E-state index < -0.39 is 27.2 Å². The quantitative estimate of drug-likeness (QED) is 0.597. The van der Waals surface area contributed by atoms with Crippen LogP contribution >= 0.6 is 0 Å². The summed E-state index contributed by atoms with van der Waals surface area (Å²) in [6.07, 6.45) is 1.07. The number of carbonyl (C=O) groups is 1. The first-order chi connectivity index (χ1) is 8.44. The number of nitrogens with two attached hydrogens (primary N) is 1. The molecule has 0 saturated carbocycles. The van der Waals surface area contributed by atoms with Crippen molar-refractivity contribution >= 4 is 15.6 Å². The van der Waals surface area contributed by atoms with Gasteiger partial charge < -0.3 is 5.73 Å². The standard InChI is InChI=1S/C12H16FNO3S/c13-11-5-3-10(4-6-11)12(15)9-18(16,17)8-2-1-7-14/h3-6H,1-2,7-9,14H2. The number of benzene rings is 1. The first-order valence-corrected chi connectivity index (χ1v) is 7.46. The molecule has 0 aliphatic rings. The Morgan fingerprint density at radius 2 is 1.78 bits per heavy atom. The normalized spacial score (nSPS) is 11.4. The van der Waals surface area contributed by atoms with Gasteiger partial charge in [0.1, 0.15) is 11.6 Å². The molecule has 0 radical (unpaired) electrons. The third-order valence-corrected chi connectivity index (χ3v) is 4.04. The minimum atomic E-state index is -3.41. The largest absolute Gasteiger partial charge is 0.330 e. The van der Waals surface area contributed by atoms with Crippen molar-refractivity contribution in [3.63, 3.8) is 0 Å². The molecular formula is C12H16FNO3S. The summed E-state index contributed by atoms with van der Waals surface area (Å²) >= 11 is 0. The van der Waals surface area contributed by atoms with E-state index >= 15 is 0 Å². The van der Waals surface area contributed by atoms with Crippen molar-refractivity contribution in [1.82, 2.24) is 0 Å². The third kappa shape index (κ3) is 4.93. The molecule has 1 aromatic carbocycles. The average molecular weight is 273 g/mol. The van der Waals surface area contributed by atoms with E-state index in [9.17, 15) is 17.6 Å². The topological polar surface area (TPSA) is 77.2 Å². The summed E-state index contributed by atoms with van der Waals surface area (Å²) < 4.78 is 35.9. The Morgan fingerprint density at radius 1 is 1.17 bits per heavy atom. The fourth-order valence-corrected chi connectivity index (χ4v) is 2.81. The maximum Gasteiger partial charge on any atom is 0.177 e. The second kappa shape index (κ2) is 6.61. The monoisotopic (exact) mass is 273 g/mol. The van der Waals surface area contributed by atoms with Crippen LogP contribution in [0.3, 0.4) is 0 Å². The average Bonchev–Trinajstić information content (AvgIpc) is 2.29. The summed E-state index contributed by atoms with van der Waals surface area (Å²) in [5.41, 5.74) is 5.47. The number of Topliss-reactive ketones (excluding diaryl/α,β-unsaturated/α-hetero) is 1. The van der Waals surface area contributed by atoms with Gasteiger partial charge in [0.05, 0.1) is 5.75 Å². The van der Waals surface area contributed by atoms with E-state index in [2.05, 4.69) is 0 Å². The molecule has 1 aromatic rings. The number of halogens is 1. The molecule has 0 spiro atoms. The number of hydrogen-bond donors (Lipinski definition) is 1. The third-order valence-electron chi connectivity index (χ3n) is 2.43. The van der Waals surface area contributed by atoms with Gasteiger partial charge in [-0.2, -0.15) is 0 Å². The molecule has 18 heavy (non-hydrogen) atoms. The second-order valence-electron chi connectivity index (χ2n) is 4.02. The molecule has 4 nitrogen and oxygen atoms in total. The lowest BCUT2D eigenvalue weighted by Crippen LogP contribution is -2.19. The fourth-order valence-electron chi connectivity index (χ4n) is 1.46. The Hall–Kier alpha value is -1.27. The van der Waals surface area contributed by atoms with Crippen molar-refractivity contribution in [3.8, 4) is 0 Å². The van der Waals surface area contributed by atoms with E-state index in [0.29, 0.717) is 19.4 Å². The highest BCUT2D eigenvalue weighted by molar-refractivity contribution is 7.92. The molecule has 0 aliphatic carbocycles. The zero-order chi connectivity index (χ0) is 13.6. The minimum absolute atomic E-state index is 0.0445. The van der Waals surface area contributed by atoms with Crippen LogP contribution in [0.1, 0.15) is 23.2 Å². The number of rotatable bonds is 7. The molecular weight excluding hydrogens is 257 g/mol. The molecule has 0 saturated heterocycles. The SMILES string of the molecule is NCCCCS(=O)(=O)CC(=O)c1ccc(F)cc1. The van der Waals surface area contributed by atoms with Gasteiger partial charge in [-0.15, -0.1) is 0 Å². The lowest BCUT2D eigenvalue weighted by molar-refractivity contribution is 0.102. The predicted molar refractivity (Wildman–Crippen MR) is 67.7 cm³/mol. The van der Waals surface area contributed by atoms with E-state index in [1.54, 1.807) is 0 Å². The molecule has 0 unspecified atom stereocenters. The Balaban J connectivity index is 2.61. The summed E-state index contributed by atoms with van der Waals surface area (Å²) in [5, 5.41) is 0. The van der Waals surface area contributed by atoms with Gasteiger partial charge in [-0.05, 0) is 43.7 Å². The number of hydrogen-bond acceptors (Lipinski definition) is 4.